The van der Waals surface area contributed by atoms with Crippen molar-refractivity contribution in [1.82, 2.24) is 23.8 Å². The maximum atomic E-state index is 13.4. The van der Waals surface area contributed by atoms with E-state index in [0.29, 0.717) is 24.3 Å². The highest BCUT2D eigenvalue weighted by molar-refractivity contribution is 7.89. The summed E-state index contributed by atoms with van der Waals surface area (Å²) in [5, 5.41) is 0.130. The first-order valence-corrected chi connectivity index (χ1v) is 16.1. The fourth-order valence-corrected chi connectivity index (χ4v) is 5.24. The molecule has 0 bridgehead atoms. The standard InChI is InChI=1S/C25H35N5O4SSi/c1-25(2,3)36(6,7)34-14-8-9-20-17-30(24(31)23(28-20)19-15-26-18-27-16-19)21-10-12-22(13-11-21)35(32,33)29(4)5/h10-13,15-18H,8-9,14H2,1-7H3. The van der Waals surface area contributed by atoms with Gasteiger partial charge in [0, 0.05) is 50.5 Å². The van der Waals surface area contributed by atoms with E-state index in [2.05, 4.69) is 48.8 Å². The molecule has 0 aliphatic carbocycles. The molecule has 2 heterocycles. The van der Waals surface area contributed by atoms with Crippen molar-refractivity contribution in [1.29, 1.82) is 0 Å². The third kappa shape index (κ3) is 6.15. The number of aromatic nitrogens is 4. The van der Waals surface area contributed by atoms with Gasteiger partial charge in [-0.05, 0) is 55.2 Å². The molecule has 0 N–H and O–H groups in total. The van der Waals surface area contributed by atoms with E-state index in [1.165, 1.54) is 37.1 Å². The fraction of sp³-hybridized carbons (Fsp3) is 0.440. The Morgan fingerprint density at radius 1 is 1.06 bits per heavy atom. The highest BCUT2D eigenvalue weighted by atomic mass is 32.2. The van der Waals surface area contributed by atoms with Crippen LogP contribution in [0, 0.1) is 0 Å². The Balaban J connectivity index is 1.95. The first-order valence-electron chi connectivity index (χ1n) is 11.8. The molecule has 0 atom stereocenters. The van der Waals surface area contributed by atoms with Gasteiger partial charge in [0.15, 0.2) is 8.32 Å². The molecule has 11 heteroatoms. The van der Waals surface area contributed by atoms with E-state index in [1.807, 2.05) is 0 Å². The molecule has 0 aliphatic heterocycles. The highest BCUT2D eigenvalue weighted by Crippen LogP contribution is 2.36. The van der Waals surface area contributed by atoms with Crippen LogP contribution in [-0.2, 0) is 20.9 Å². The Morgan fingerprint density at radius 2 is 1.67 bits per heavy atom. The summed E-state index contributed by atoms with van der Waals surface area (Å²) in [5.41, 5.74) is 1.68. The molecular weight excluding hydrogens is 494 g/mol. The molecule has 3 rings (SSSR count). The van der Waals surface area contributed by atoms with Crippen LogP contribution in [0.15, 0.2) is 58.9 Å². The van der Waals surface area contributed by atoms with Gasteiger partial charge in [0.25, 0.3) is 5.56 Å². The Morgan fingerprint density at radius 3 is 2.22 bits per heavy atom. The number of benzene rings is 1. The molecule has 1 aromatic carbocycles. The van der Waals surface area contributed by atoms with E-state index >= 15 is 0 Å². The maximum Gasteiger partial charge on any atom is 0.281 e. The number of hydrogen-bond acceptors (Lipinski definition) is 7. The summed E-state index contributed by atoms with van der Waals surface area (Å²) >= 11 is 0. The molecule has 9 nitrogen and oxygen atoms in total. The normalized spacial score (nSPS) is 12.8. The molecule has 0 aliphatic rings. The van der Waals surface area contributed by atoms with Gasteiger partial charge in [0.1, 0.15) is 12.0 Å². The first kappa shape index (κ1) is 27.8. The Kier molecular flexibility index (Phi) is 8.29. The van der Waals surface area contributed by atoms with E-state index in [0.717, 1.165) is 16.4 Å². The Labute approximate surface area is 214 Å². The van der Waals surface area contributed by atoms with Gasteiger partial charge in [0.05, 0.1) is 10.6 Å². The number of nitrogens with zero attached hydrogens (tertiary/aromatic N) is 5. The molecule has 0 amide bonds. The smallest absolute Gasteiger partial charge is 0.281 e. The zero-order valence-electron chi connectivity index (χ0n) is 22.0. The van der Waals surface area contributed by atoms with Crippen molar-refractivity contribution in [3.8, 4) is 16.9 Å². The van der Waals surface area contributed by atoms with Crippen LogP contribution in [0.1, 0.15) is 32.9 Å². The lowest BCUT2D eigenvalue weighted by molar-refractivity contribution is 0.282. The van der Waals surface area contributed by atoms with E-state index in [4.69, 9.17) is 4.43 Å². The zero-order valence-corrected chi connectivity index (χ0v) is 23.8. The summed E-state index contributed by atoms with van der Waals surface area (Å²) in [5.74, 6) is 0. The number of rotatable bonds is 9. The minimum absolute atomic E-state index is 0.130. The van der Waals surface area contributed by atoms with Gasteiger partial charge in [-0.15, -0.1) is 0 Å². The van der Waals surface area contributed by atoms with Crippen LogP contribution in [0.5, 0.6) is 0 Å². The molecule has 0 saturated heterocycles. The molecule has 0 saturated carbocycles. The van der Waals surface area contributed by atoms with Crippen LogP contribution in [0.4, 0.5) is 0 Å². The predicted molar refractivity (Wildman–Crippen MR) is 143 cm³/mol. The van der Waals surface area contributed by atoms with Gasteiger partial charge in [-0.2, -0.15) is 0 Å². The number of hydrogen-bond donors (Lipinski definition) is 0. The minimum Gasteiger partial charge on any atom is -0.417 e. The summed E-state index contributed by atoms with van der Waals surface area (Å²) in [6.07, 6.45) is 7.58. The van der Waals surface area contributed by atoms with E-state index in [1.54, 1.807) is 30.7 Å². The zero-order chi connectivity index (χ0) is 26.7. The van der Waals surface area contributed by atoms with E-state index in [9.17, 15) is 13.2 Å². The van der Waals surface area contributed by atoms with Crippen LogP contribution in [0.2, 0.25) is 18.1 Å². The lowest BCUT2D eigenvalue weighted by Gasteiger charge is -2.36. The quantitative estimate of drug-likeness (QED) is 0.306. The second-order valence-corrected chi connectivity index (χ2v) is 17.3. The van der Waals surface area contributed by atoms with Crippen molar-refractivity contribution in [2.24, 2.45) is 0 Å². The van der Waals surface area contributed by atoms with Crippen molar-refractivity contribution in [2.45, 2.75) is 56.6 Å². The summed E-state index contributed by atoms with van der Waals surface area (Å²) in [4.78, 5) is 26.2. The van der Waals surface area contributed by atoms with Crippen molar-refractivity contribution in [3.05, 3.63) is 65.2 Å². The lowest BCUT2D eigenvalue weighted by atomic mass is 10.2. The van der Waals surface area contributed by atoms with Gasteiger partial charge in [-0.25, -0.2) is 27.7 Å². The third-order valence-corrected chi connectivity index (χ3v) is 12.9. The molecule has 0 fully saturated rings. The predicted octanol–water partition coefficient (Wildman–Crippen LogP) is 3.89. The molecule has 0 radical (unpaired) electrons. The second kappa shape index (κ2) is 10.7. The SMILES string of the molecule is CN(C)S(=O)(=O)c1ccc(-n2cc(CCCO[Si](C)(C)C(C)(C)C)nc(-c3cncnc3)c2=O)cc1. The molecule has 3 aromatic rings. The molecule has 194 valence electrons. The molecule has 0 unspecified atom stereocenters. The lowest BCUT2D eigenvalue weighted by Crippen LogP contribution is -2.41. The van der Waals surface area contributed by atoms with E-state index in [-0.39, 0.29) is 21.2 Å². The summed E-state index contributed by atoms with van der Waals surface area (Å²) < 4.78 is 33.8. The molecule has 0 spiro atoms. The highest BCUT2D eigenvalue weighted by Gasteiger charge is 2.36. The van der Waals surface area contributed by atoms with Crippen molar-refractivity contribution in [3.63, 3.8) is 0 Å². The van der Waals surface area contributed by atoms with Crippen molar-refractivity contribution < 1.29 is 12.8 Å². The minimum atomic E-state index is -3.58. The average Bonchev–Trinajstić information content (AvgIpc) is 2.82. The van der Waals surface area contributed by atoms with E-state index < -0.39 is 18.3 Å². The average molecular weight is 530 g/mol. The van der Waals surface area contributed by atoms with Crippen LogP contribution < -0.4 is 5.56 Å². The van der Waals surface area contributed by atoms with Gasteiger partial charge >= 0.3 is 0 Å². The maximum absolute atomic E-state index is 13.4. The Bertz CT molecular complexity index is 1350. The summed E-state index contributed by atoms with van der Waals surface area (Å²) in [6.45, 7) is 11.7. The Hall–Kier alpha value is -2.73. The molecule has 36 heavy (non-hydrogen) atoms. The number of sulfonamides is 1. The van der Waals surface area contributed by atoms with Crippen LogP contribution in [-0.4, -0.2) is 61.3 Å². The van der Waals surface area contributed by atoms with Crippen molar-refractivity contribution >= 4 is 18.3 Å². The monoisotopic (exact) mass is 529 g/mol. The van der Waals surface area contributed by atoms with Gasteiger partial charge in [-0.3, -0.25) is 9.36 Å². The van der Waals surface area contributed by atoms with Crippen LogP contribution in [0.3, 0.4) is 0 Å². The number of aryl methyl sites for hydroxylation is 1. The van der Waals surface area contributed by atoms with Gasteiger partial charge in [-0.1, -0.05) is 20.8 Å². The van der Waals surface area contributed by atoms with Gasteiger partial charge < -0.3 is 4.43 Å². The fourth-order valence-electron chi connectivity index (χ4n) is 3.25. The molecular formula is C25H35N5O4SSi. The first-order chi connectivity index (χ1) is 16.7. The largest absolute Gasteiger partial charge is 0.417 e. The molecule has 2 aromatic heterocycles. The van der Waals surface area contributed by atoms with Crippen LogP contribution in [0.25, 0.3) is 16.9 Å². The summed E-state index contributed by atoms with van der Waals surface area (Å²) in [7, 11) is -2.47. The topological polar surface area (TPSA) is 107 Å². The van der Waals surface area contributed by atoms with Crippen molar-refractivity contribution in [2.75, 3.05) is 20.7 Å². The summed E-state index contributed by atoms with van der Waals surface area (Å²) in [6, 6.07) is 6.23. The third-order valence-electron chi connectivity index (χ3n) is 6.53. The van der Waals surface area contributed by atoms with Gasteiger partial charge in [0.2, 0.25) is 10.0 Å². The van der Waals surface area contributed by atoms with Crippen LogP contribution >= 0.6 is 0 Å². The second-order valence-electron chi connectivity index (χ2n) is 10.4.